The van der Waals surface area contributed by atoms with Crippen LogP contribution in [0.15, 0.2) is 23.3 Å². The Hall–Kier alpha value is -3.54. The molecule has 0 radical (unpaired) electrons. The third kappa shape index (κ3) is 7.79. The molecule has 4 amide bonds. The Balaban J connectivity index is 1.25. The number of rotatable bonds is 11. The van der Waals surface area contributed by atoms with Crippen molar-refractivity contribution in [3.8, 4) is 0 Å². The average molecular weight is 654 g/mol. The number of carbonyl (C=O) groups is 4. The smallest absolute Gasteiger partial charge is 0.248 e. The van der Waals surface area contributed by atoms with Crippen molar-refractivity contribution in [1.29, 1.82) is 0 Å². The van der Waals surface area contributed by atoms with Crippen LogP contribution in [0, 0.1) is 17.2 Å². The number of amides is 4. The van der Waals surface area contributed by atoms with E-state index in [0.717, 1.165) is 58.0 Å². The summed E-state index contributed by atoms with van der Waals surface area (Å²) in [5.74, 6) is -1.81. The van der Waals surface area contributed by atoms with Gasteiger partial charge in [0.2, 0.25) is 23.6 Å². The number of halogens is 1. The predicted octanol–water partition coefficient (Wildman–Crippen LogP) is 3.29. The molecular weight excluding hydrogens is 601 g/mol. The van der Waals surface area contributed by atoms with Crippen molar-refractivity contribution in [3.63, 3.8) is 0 Å². The Morgan fingerprint density at radius 3 is 2.38 bits per heavy atom. The maximum Gasteiger partial charge on any atom is 0.248 e. The standard InChI is InChI=1S/C35H52FN7O4/c1-5-29(44)38-28(32(46)42-22-35(23-42)15-18-41(4)19-16-35)21-24-12-13-27(26(36)20-24)39-31(45)30(25-10-8-7-9-11-25)40-33(47)34(3)14-17-37-43(34)6-2/h12-13,17,20,25,28,30H,5-11,14-16,18-19,21-23H2,1-4H3,(H,38,44)(H,39,45)(H,40,47)/t28-,30+,34?/m1/s1. The molecule has 47 heavy (non-hydrogen) atoms. The van der Waals surface area contributed by atoms with Crippen LogP contribution in [-0.4, -0.2) is 102 Å². The van der Waals surface area contributed by atoms with Gasteiger partial charge in [-0.2, -0.15) is 5.10 Å². The summed E-state index contributed by atoms with van der Waals surface area (Å²) in [7, 11) is 2.11. The monoisotopic (exact) mass is 653 g/mol. The summed E-state index contributed by atoms with van der Waals surface area (Å²) < 4.78 is 15.6. The number of hydrogen-bond donors (Lipinski definition) is 3. The molecule has 3 N–H and O–H groups in total. The molecule has 11 nitrogen and oxygen atoms in total. The number of anilines is 1. The first-order valence-corrected chi connectivity index (χ1v) is 17.4. The Labute approximate surface area is 278 Å². The van der Waals surface area contributed by atoms with E-state index < -0.39 is 29.3 Å². The zero-order valence-electron chi connectivity index (χ0n) is 28.4. The maximum absolute atomic E-state index is 15.6. The Bertz CT molecular complexity index is 1350. The highest BCUT2D eigenvalue weighted by atomic mass is 19.1. The number of piperidine rings is 1. The van der Waals surface area contributed by atoms with Gasteiger partial charge in [-0.05, 0) is 83.3 Å². The molecular formula is C35H52FN7O4. The second kappa shape index (κ2) is 14.7. The molecule has 3 fully saturated rings. The number of nitrogens with one attached hydrogen (secondary N) is 3. The number of likely N-dealkylation sites (tertiary alicyclic amines) is 2. The summed E-state index contributed by atoms with van der Waals surface area (Å²) in [6.45, 7) is 9.43. The van der Waals surface area contributed by atoms with Crippen molar-refractivity contribution in [2.24, 2.45) is 16.4 Å². The average Bonchev–Trinajstić information content (AvgIpc) is 3.45. The van der Waals surface area contributed by atoms with E-state index in [1.165, 1.54) is 12.1 Å². The molecule has 4 aliphatic rings. The van der Waals surface area contributed by atoms with Crippen LogP contribution in [0.5, 0.6) is 0 Å². The van der Waals surface area contributed by atoms with Crippen LogP contribution >= 0.6 is 0 Å². The van der Waals surface area contributed by atoms with E-state index in [2.05, 4.69) is 33.0 Å². The maximum atomic E-state index is 15.6. The lowest BCUT2D eigenvalue weighted by molar-refractivity contribution is -0.150. The second-order valence-electron chi connectivity index (χ2n) is 14.3. The largest absolute Gasteiger partial charge is 0.344 e. The number of benzene rings is 1. The van der Waals surface area contributed by atoms with Gasteiger partial charge < -0.3 is 25.8 Å². The number of likely N-dealkylation sites (N-methyl/N-ethyl adjacent to an activating group) is 1. The highest BCUT2D eigenvalue weighted by molar-refractivity contribution is 5.99. The molecule has 12 heteroatoms. The van der Waals surface area contributed by atoms with Crippen LogP contribution in [0.3, 0.4) is 0 Å². The third-order valence-electron chi connectivity index (χ3n) is 10.9. The highest BCUT2D eigenvalue weighted by Crippen LogP contribution is 2.40. The number of nitrogens with zero attached hydrogens (tertiary/aromatic N) is 4. The van der Waals surface area contributed by atoms with Crippen molar-refractivity contribution < 1.29 is 23.6 Å². The predicted molar refractivity (Wildman–Crippen MR) is 179 cm³/mol. The Kier molecular flexibility index (Phi) is 10.9. The van der Waals surface area contributed by atoms with Crippen molar-refractivity contribution in [2.75, 3.05) is 45.1 Å². The van der Waals surface area contributed by atoms with Crippen molar-refractivity contribution in [2.45, 2.75) is 103 Å². The van der Waals surface area contributed by atoms with Crippen molar-refractivity contribution in [1.82, 2.24) is 25.4 Å². The summed E-state index contributed by atoms with van der Waals surface area (Å²) in [6, 6.07) is 2.87. The van der Waals surface area contributed by atoms with Gasteiger partial charge in [0.15, 0.2) is 0 Å². The van der Waals surface area contributed by atoms with Crippen LogP contribution in [0.2, 0.25) is 0 Å². The molecule has 0 bridgehead atoms. The van der Waals surface area contributed by atoms with Gasteiger partial charge in [-0.1, -0.05) is 32.3 Å². The molecule has 5 rings (SSSR count). The summed E-state index contributed by atoms with van der Waals surface area (Å²) in [5, 5.41) is 14.6. The van der Waals surface area contributed by atoms with E-state index in [1.807, 2.05) is 18.7 Å². The number of hydrogen-bond acceptors (Lipinski definition) is 7. The van der Waals surface area contributed by atoms with Crippen LogP contribution in [0.25, 0.3) is 0 Å². The molecule has 1 spiro atoms. The molecule has 1 unspecified atom stereocenters. The molecule has 1 aromatic carbocycles. The summed E-state index contributed by atoms with van der Waals surface area (Å²) in [6.07, 6.45) is 9.27. The summed E-state index contributed by atoms with van der Waals surface area (Å²) in [5.41, 5.74) is -0.192. The van der Waals surface area contributed by atoms with E-state index in [9.17, 15) is 19.2 Å². The van der Waals surface area contributed by atoms with E-state index in [-0.39, 0.29) is 47.6 Å². The lowest BCUT2D eigenvalue weighted by Gasteiger charge is -2.54. The molecule has 3 heterocycles. The molecule has 0 aromatic heterocycles. The van der Waals surface area contributed by atoms with E-state index in [0.29, 0.717) is 31.6 Å². The molecule has 2 saturated heterocycles. The van der Waals surface area contributed by atoms with Gasteiger partial charge in [0, 0.05) is 50.5 Å². The summed E-state index contributed by atoms with van der Waals surface area (Å²) >= 11 is 0. The lowest BCUT2D eigenvalue weighted by atomic mass is 9.72. The van der Waals surface area contributed by atoms with E-state index in [4.69, 9.17) is 0 Å². The minimum absolute atomic E-state index is 0.00632. The van der Waals surface area contributed by atoms with Crippen LogP contribution < -0.4 is 16.0 Å². The van der Waals surface area contributed by atoms with Crippen LogP contribution in [0.1, 0.15) is 84.1 Å². The van der Waals surface area contributed by atoms with Gasteiger partial charge in [0.25, 0.3) is 0 Å². The minimum Gasteiger partial charge on any atom is -0.344 e. The molecule has 1 saturated carbocycles. The van der Waals surface area contributed by atoms with Gasteiger partial charge in [-0.15, -0.1) is 0 Å². The molecule has 1 aliphatic carbocycles. The number of hydrazone groups is 1. The first-order chi connectivity index (χ1) is 22.5. The van der Waals surface area contributed by atoms with Gasteiger partial charge >= 0.3 is 0 Å². The Morgan fingerprint density at radius 1 is 1.04 bits per heavy atom. The normalized spacial score (nSPS) is 24.0. The zero-order chi connectivity index (χ0) is 33.8. The van der Waals surface area contributed by atoms with Crippen molar-refractivity contribution >= 4 is 35.5 Å². The first-order valence-electron chi connectivity index (χ1n) is 17.4. The third-order valence-corrected chi connectivity index (χ3v) is 10.9. The highest BCUT2D eigenvalue weighted by Gasteiger charge is 2.48. The molecule has 3 aliphatic heterocycles. The van der Waals surface area contributed by atoms with Gasteiger partial charge in [-0.25, -0.2) is 4.39 Å². The van der Waals surface area contributed by atoms with Crippen LogP contribution in [0.4, 0.5) is 10.1 Å². The lowest BCUT2D eigenvalue weighted by Crippen LogP contribution is -2.64. The van der Waals surface area contributed by atoms with Crippen LogP contribution in [-0.2, 0) is 25.6 Å². The van der Waals surface area contributed by atoms with Crippen molar-refractivity contribution in [3.05, 3.63) is 29.6 Å². The fraction of sp³-hybridized carbons (Fsp3) is 0.686. The van der Waals surface area contributed by atoms with Gasteiger partial charge in [0.05, 0.1) is 5.69 Å². The molecule has 258 valence electrons. The zero-order valence-corrected chi connectivity index (χ0v) is 28.4. The quantitative estimate of drug-likeness (QED) is 0.337. The summed E-state index contributed by atoms with van der Waals surface area (Å²) in [4.78, 5) is 57.3. The fourth-order valence-corrected chi connectivity index (χ4v) is 7.63. The second-order valence-corrected chi connectivity index (χ2v) is 14.3. The minimum atomic E-state index is -0.889. The first kappa shape index (κ1) is 34.8. The Morgan fingerprint density at radius 2 is 1.74 bits per heavy atom. The fourth-order valence-electron chi connectivity index (χ4n) is 7.63. The number of carbonyl (C=O) groups excluding carboxylic acids is 4. The SMILES string of the molecule is CCC(=O)N[C@H](Cc1ccc(NC(=O)[C@@H](NC(=O)C2(C)CC=NN2CC)C2CCCCC2)c(F)c1)C(=O)N1CC2(CCN(C)CC2)C1. The molecule has 1 aromatic rings. The van der Waals surface area contributed by atoms with Gasteiger partial charge in [0.1, 0.15) is 23.4 Å². The van der Waals surface area contributed by atoms with E-state index >= 15 is 4.39 Å². The van der Waals surface area contributed by atoms with E-state index in [1.54, 1.807) is 24.2 Å². The molecule has 3 atom stereocenters. The topological polar surface area (TPSA) is 126 Å². The van der Waals surface area contributed by atoms with Gasteiger partial charge in [-0.3, -0.25) is 24.2 Å².